The zero-order valence-electron chi connectivity index (χ0n) is 40.0. The van der Waals surface area contributed by atoms with Gasteiger partial charge in [0.2, 0.25) is 0 Å². The van der Waals surface area contributed by atoms with Gasteiger partial charge in [-0.3, -0.25) is 18.9 Å². The second-order valence-corrected chi connectivity index (χ2v) is 19.5. The number of carbonyl (C=O) groups is 3. The van der Waals surface area contributed by atoms with E-state index in [0.717, 1.165) is 64.2 Å². The van der Waals surface area contributed by atoms with Crippen molar-refractivity contribution < 1.29 is 62.2 Å². The smallest absolute Gasteiger partial charge is 0.306 e. The van der Waals surface area contributed by atoms with Gasteiger partial charge in [-0.05, 0) is 70.6 Å². The highest BCUT2D eigenvalue weighted by molar-refractivity contribution is 7.45. The molecule has 0 bridgehead atoms. The van der Waals surface area contributed by atoms with E-state index < -0.39 is 69.2 Å². The van der Waals surface area contributed by atoms with Crippen molar-refractivity contribution in [1.82, 2.24) is 0 Å². The second-order valence-electron chi connectivity index (χ2n) is 18.1. The van der Waals surface area contributed by atoms with Crippen LogP contribution < -0.4 is 4.89 Å². The normalized spacial score (nSPS) is 20.3. The van der Waals surface area contributed by atoms with Gasteiger partial charge in [0.1, 0.15) is 25.5 Å². The van der Waals surface area contributed by atoms with E-state index in [0.29, 0.717) is 36.7 Å². The Hall–Kier alpha value is -2.74. The number of esters is 2. The summed E-state index contributed by atoms with van der Waals surface area (Å²) in [6.45, 7) is 3.61. The summed E-state index contributed by atoms with van der Waals surface area (Å²) in [6, 6.07) is 0. The summed E-state index contributed by atoms with van der Waals surface area (Å²) in [4.78, 5) is 50.7. The van der Waals surface area contributed by atoms with Gasteiger partial charge >= 0.3 is 11.9 Å². The van der Waals surface area contributed by atoms with Crippen molar-refractivity contribution in [3.05, 3.63) is 60.8 Å². The predicted molar refractivity (Wildman–Crippen MR) is 252 cm³/mol. The number of phosphoric acid groups is 1. The number of Topliss-reactive ketones (excluding diaryl/α,β-unsaturated/α-hetero) is 1. The number of quaternary nitrogens is 1. The fourth-order valence-corrected chi connectivity index (χ4v) is 7.83. The molecule has 0 aromatic heterocycles. The van der Waals surface area contributed by atoms with Crippen LogP contribution in [0.4, 0.5) is 0 Å². The topological polar surface area (TPSA) is 189 Å². The van der Waals surface area contributed by atoms with Crippen molar-refractivity contribution in [2.24, 2.45) is 11.8 Å². The van der Waals surface area contributed by atoms with Gasteiger partial charge in [0.15, 0.2) is 6.10 Å². The molecule has 0 aromatic carbocycles. The Labute approximate surface area is 386 Å². The first-order valence-electron chi connectivity index (χ1n) is 24.2. The molecule has 13 nitrogen and oxygen atoms in total. The molecule has 1 unspecified atom stereocenters. The predicted octanol–water partition coefficient (Wildman–Crippen LogP) is 8.95. The van der Waals surface area contributed by atoms with Crippen molar-refractivity contribution in [3.63, 3.8) is 0 Å². The van der Waals surface area contributed by atoms with E-state index in [-0.39, 0.29) is 44.5 Å². The van der Waals surface area contributed by atoms with Crippen LogP contribution in [0, 0.1) is 11.8 Å². The second kappa shape index (κ2) is 36.4. The Morgan fingerprint density at radius 2 is 1.28 bits per heavy atom. The minimum atomic E-state index is -4.73. The number of aliphatic hydroxyl groups is 3. The fourth-order valence-electron chi connectivity index (χ4n) is 7.10. The highest BCUT2D eigenvalue weighted by Crippen LogP contribution is 2.39. The van der Waals surface area contributed by atoms with E-state index in [1.165, 1.54) is 19.3 Å². The molecule has 0 aromatic rings. The molecule has 0 heterocycles. The van der Waals surface area contributed by atoms with Crippen molar-refractivity contribution in [3.8, 4) is 0 Å². The van der Waals surface area contributed by atoms with Crippen molar-refractivity contribution >= 4 is 25.5 Å². The van der Waals surface area contributed by atoms with Crippen LogP contribution in [-0.2, 0) is 37.5 Å². The molecule has 0 radical (unpaired) electrons. The van der Waals surface area contributed by atoms with E-state index in [9.17, 15) is 39.2 Å². The molecule has 0 amide bonds. The molecule has 1 aliphatic rings. The molecule has 3 N–H and O–H groups in total. The summed E-state index contributed by atoms with van der Waals surface area (Å²) in [5.41, 5.74) is 0. The molecule has 0 saturated heterocycles. The number of nitrogens with zero attached hydrogens (tertiary/aromatic N) is 1. The van der Waals surface area contributed by atoms with Gasteiger partial charge < -0.3 is 43.2 Å². The zero-order valence-corrected chi connectivity index (χ0v) is 40.9. The molecular formula is C50H86NO12P. The Balaban J connectivity index is 2.51. The number of carbonyl (C=O) groups excluding carboxylic acids is 3. The lowest BCUT2D eigenvalue weighted by atomic mass is 9.87. The average Bonchev–Trinajstić information content (AvgIpc) is 3.49. The molecule has 1 fully saturated rings. The molecule has 7 atom stereocenters. The number of hydrogen-bond acceptors (Lipinski definition) is 12. The number of aliphatic hydroxyl groups excluding tert-OH is 3. The summed E-state index contributed by atoms with van der Waals surface area (Å²) in [7, 11) is 0.932. The van der Waals surface area contributed by atoms with Crippen LogP contribution in [0.25, 0.3) is 0 Å². The first-order valence-corrected chi connectivity index (χ1v) is 25.6. The number of ether oxygens (including phenoxy) is 2. The quantitative estimate of drug-likeness (QED) is 0.0175. The van der Waals surface area contributed by atoms with Crippen molar-refractivity contribution in [2.45, 2.75) is 180 Å². The number of unbranched alkanes of at least 4 members (excludes halogenated alkanes) is 9. The summed E-state index contributed by atoms with van der Waals surface area (Å²) < 4.78 is 33.8. The van der Waals surface area contributed by atoms with E-state index >= 15 is 0 Å². The van der Waals surface area contributed by atoms with Gasteiger partial charge in [0.05, 0.1) is 46.1 Å². The monoisotopic (exact) mass is 924 g/mol. The van der Waals surface area contributed by atoms with Crippen LogP contribution in [0.15, 0.2) is 60.8 Å². The van der Waals surface area contributed by atoms with Crippen molar-refractivity contribution in [1.29, 1.82) is 0 Å². The van der Waals surface area contributed by atoms with E-state index in [2.05, 4.69) is 62.5 Å². The summed E-state index contributed by atoms with van der Waals surface area (Å²) in [6.07, 6.45) is 33.1. The largest absolute Gasteiger partial charge is 0.756 e. The molecule has 0 spiro atoms. The molecule has 1 rings (SSSR count). The summed E-state index contributed by atoms with van der Waals surface area (Å²) in [5, 5.41) is 31.4. The molecule has 1 saturated carbocycles. The lowest BCUT2D eigenvalue weighted by molar-refractivity contribution is -0.870. The summed E-state index contributed by atoms with van der Waals surface area (Å²) in [5.74, 6) is -2.16. The number of allylic oxidation sites excluding steroid dienone is 8. The Kier molecular flexibility index (Phi) is 33.7. The lowest BCUT2D eigenvalue weighted by Gasteiger charge is -2.28. The van der Waals surface area contributed by atoms with Crippen LogP contribution in [-0.4, -0.2) is 109 Å². The van der Waals surface area contributed by atoms with Gasteiger partial charge in [0.25, 0.3) is 7.82 Å². The SMILES string of the molecule is CCCCC/C=C\C/C=C\C/C=C\C/C=C\CCCCCC(=O)O[C@H](COC(=O)CCCCC(=O)C[C@@H]1[C@@H](/C=C/[C@@H](O)CCCCC)[C@H](O)C[C@@H]1O)COP(=O)([O-])OCC[N+](C)(C)C. The highest BCUT2D eigenvalue weighted by Gasteiger charge is 2.41. The zero-order chi connectivity index (χ0) is 47.5. The van der Waals surface area contributed by atoms with E-state index in [4.69, 9.17) is 18.5 Å². The Bertz CT molecular complexity index is 1450. The van der Waals surface area contributed by atoms with Crippen LogP contribution >= 0.6 is 7.82 Å². The number of ketones is 1. The molecular weight excluding hydrogens is 838 g/mol. The lowest BCUT2D eigenvalue weighted by Crippen LogP contribution is -2.37. The highest BCUT2D eigenvalue weighted by atomic mass is 31.2. The third-order valence-electron chi connectivity index (χ3n) is 11.0. The first kappa shape index (κ1) is 59.3. The molecule has 14 heteroatoms. The molecule has 1 aliphatic carbocycles. The Morgan fingerprint density at radius 3 is 1.91 bits per heavy atom. The van der Waals surface area contributed by atoms with Gasteiger partial charge in [-0.1, -0.05) is 113 Å². The van der Waals surface area contributed by atoms with Gasteiger partial charge in [0, 0.05) is 43.9 Å². The van der Waals surface area contributed by atoms with Crippen molar-refractivity contribution in [2.75, 3.05) is 47.5 Å². The number of rotatable bonds is 39. The third kappa shape index (κ3) is 32.8. The fraction of sp³-hybridized carbons (Fsp3) is 0.740. The maximum atomic E-state index is 12.9. The van der Waals surface area contributed by atoms with Crippen LogP contribution in [0.1, 0.15) is 155 Å². The molecule has 0 aliphatic heterocycles. The maximum Gasteiger partial charge on any atom is 0.306 e. The van der Waals surface area contributed by atoms with E-state index in [1.807, 2.05) is 21.1 Å². The average molecular weight is 924 g/mol. The third-order valence-corrected chi connectivity index (χ3v) is 12.0. The standard InChI is InChI=1S/C50H86NO12P/c1-6-8-10-11-12-13-14-15-16-17-18-19-20-21-22-23-24-25-27-33-50(57)63-44(41-62-64(58,59)61-37-36-51(3,4)5)40-60-49(56)32-29-28-31-43(53)38-46-45(47(54)39-48(46)55)35-34-42(52)30-26-9-7-2/h12-13,15-16,18-19,21-22,34-35,42,44-48,52,54-55H,6-11,14,17,20,23-33,36-41H2,1-5H3/b13-12-,16-15-,19-18-,22-21-,35-34+/t42-,44+,45+,46+,47+,48-/m0/s1. The minimum absolute atomic E-state index is 0.0193. The van der Waals surface area contributed by atoms with Gasteiger partial charge in [-0.15, -0.1) is 0 Å². The number of phosphoric ester groups is 1. The van der Waals surface area contributed by atoms with Gasteiger partial charge in [-0.2, -0.15) is 0 Å². The minimum Gasteiger partial charge on any atom is -0.756 e. The van der Waals surface area contributed by atoms with Gasteiger partial charge in [-0.25, -0.2) is 0 Å². The van der Waals surface area contributed by atoms with Crippen LogP contribution in [0.2, 0.25) is 0 Å². The number of hydrogen-bond donors (Lipinski definition) is 3. The molecule has 64 heavy (non-hydrogen) atoms. The summed E-state index contributed by atoms with van der Waals surface area (Å²) >= 11 is 0. The first-order chi connectivity index (χ1) is 30.6. The Morgan fingerprint density at radius 1 is 0.719 bits per heavy atom. The van der Waals surface area contributed by atoms with Crippen LogP contribution in [0.3, 0.4) is 0 Å². The maximum absolute atomic E-state index is 12.9. The molecule has 368 valence electrons. The van der Waals surface area contributed by atoms with Crippen LogP contribution in [0.5, 0.6) is 0 Å². The van der Waals surface area contributed by atoms with E-state index in [1.54, 1.807) is 12.2 Å². The number of likely N-dealkylation sites (N-methyl/N-ethyl adjacent to an activating group) is 1.